The number of hydrogen-bond acceptors (Lipinski definition) is 10. The van der Waals surface area contributed by atoms with E-state index >= 15 is 0 Å². The lowest BCUT2D eigenvalue weighted by molar-refractivity contribution is -0.140. The van der Waals surface area contributed by atoms with Crippen LogP contribution in [0.5, 0.6) is 23.0 Å². The minimum absolute atomic E-state index is 0.126. The zero-order valence-electron chi connectivity index (χ0n) is 24.9. The van der Waals surface area contributed by atoms with Crippen LogP contribution in [0.3, 0.4) is 0 Å². The summed E-state index contributed by atoms with van der Waals surface area (Å²) in [5.74, 6) is -0.256. The molecular formula is C33H30N2O9S. The number of ether oxygens (including phenoxy) is 5. The molecule has 12 heteroatoms. The molecule has 0 spiro atoms. The van der Waals surface area contributed by atoms with Crippen LogP contribution in [0.2, 0.25) is 0 Å². The van der Waals surface area contributed by atoms with E-state index in [4.69, 9.17) is 33.8 Å². The van der Waals surface area contributed by atoms with E-state index in [9.17, 15) is 14.4 Å². The lowest BCUT2D eigenvalue weighted by atomic mass is 9.93. The Balaban J connectivity index is 1.76. The van der Waals surface area contributed by atoms with Gasteiger partial charge in [0.25, 0.3) is 5.56 Å². The van der Waals surface area contributed by atoms with E-state index in [-0.39, 0.29) is 23.5 Å². The Kier molecular flexibility index (Phi) is 9.33. The van der Waals surface area contributed by atoms with E-state index in [0.717, 1.165) is 0 Å². The second-order valence-corrected chi connectivity index (χ2v) is 10.6. The SMILES string of the molecule is CCOC(=O)C1=C(c2ccccc2)N=c2s/c(=C/c3ccc(OCC(=O)O)c(OC)c3)c(=O)n2[C@H]1c1ccc(OC)c(OC)c1. The van der Waals surface area contributed by atoms with Gasteiger partial charge in [-0.25, -0.2) is 14.6 Å². The summed E-state index contributed by atoms with van der Waals surface area (Å²) in [7, 11) is 4.47. The Morgan fingerprint density at radius 3 is 2.29 bits per heavy atom. The van der Waals surface area contributed by atoms with Crippen LogP contribution in [0.15, 0.2) is 82.1 Å². The quantitative estimate of drug-likeness (QED) is 0.247. The summed E-state index contributed by atoms with van der Waals surface area (Å²) in [6.45, 7) is 1.31. The van der Waals surface area contributed by atoms with Crippen LogP contribution in [0.4, 0.5) is 0 Å². The maximum absolute atomic E-state index is 14.2. The molecule has 0 amide bonds. The Hall–Kier alpha value is -5.36. The van der Waals surface area contributed by atoms with Crippen molar-refractivity contribution in [3.05, 3.63) is 109 Å². The van der Waals surface area contributed by atoms with Gasteiger partial charge in [0.2, 0.25) is 0 Å². The van der Waals surface area contributed by atoms with E-state index in [1.807, 2.05) is 30.3 Å². The summed E-state index contributed by atoms with van der Waals surface area (Å²) < 4.78 is 29.0. The molecule has 0 unspecified atom stereocenters. The third-order valence-electron chi connectivity index (χ3n) is 6.93. The number of methoxy groups -OCH3 is 3. The van der Waals surface area contributed by atoms with Crippen LogP contribution in [-0.2, 0) is 14.3 Å². The molecule has 3 aromatic carbocycles. The van der Waals surface area contributed by atoms with Gasteiger partial charge in [0.1, 0.15) is 0 Å². The third kappa shape index (κ3) is 6.31. The van der Waals surface area contributed by atoms with Gasteiger partial charge in [-0.15, -0.1) is 0 Å². The molecule has 1 aromatic heterocycles. The van der Waals surface area contributed by atoms with E-state index in [0.29, 0.717) is 49.0 Å². The van der Waals surface area contributed by atoms with Crippen molar-refractivity contribution in [1.82, 2.24) is 4.57 Å². The fourth-order valence-corrected chi connectivity index (χ4v) is 5.96. The number of carbonyl (C=O) groups excluding carboxylic acids is 1. The highest BCUT2D eigenvalue weighted by Gasteiger charge is 2.35. The average Bonchev–Trinajstić information content (AvgIpc) is 3.37. The van der Waals surface area contributed by atoms with E-state index < -0.39 is 24.6 Å². The number of carboxylic acids is 1. The van der Waals surface area contributed by atoms with Crippen LogP contribution in [0, 0.1) is 0 Å². The number of aromatic nitrogens is 1. The van der Waals surface area contributed by atoms with E-state index in [1.54, 1.807) is 49.4 Å². The van der Waals surface area contributed by atoms with Gasteiger partial charge in [-0.2, -0.15) is 0 Å². The van der Waals surface area contributed by atoms with Crippen molar-refractivity contribution >= 4 is 35.0 Å². The molecule has 0 saturated heterocycles. The summed E-state index contributed by atoms with van der Waals surface area (Å²) in [5.41, 5.74) is 2.10. The van der Waals surface area contributed by atoms with Crippen LogP contribution in [0.25, 0.3) is 11.8 Å². The predicted octanol–water partition coefficient (Wildman–Crippen LogP) is 3.42. The Labute approximate surface area is 261 Å². The van der Waals surface area contributed by atoms with Crippen molar-refractivity contribution in [3.63, 3.8) is 0 Å². The molecule has 11 nitrogen and oxygen atoms in total. The van der Waals surface area contributed by atoms with Crippen LogP contribution in [-0.4, -0.2) is 56.2 Å². The summed E-state index contributed by atoms with van der Waals surface area (Å²) >= 11 is 1.17. The minimum atomic E-state index is -1.12. The van der Waals surface area contributed by atoms with Crippen molar-refractivity contribution in [1.29, 1.82) is 0 Å². The van der Waals surface area contributed by atoms with Crippen molar-refractivity contribution in [3.8, 4) is 23.0 Å². The summed E-state index contributed by atoms with van der Waals surface area (Å²) in [6.07, 6.45) is 1.68. The lowest BCUT2D eigenvalue weighted by Crippen LogP contribution is -2.40. The first-order valence-corrected chi connectivity index (χ1v) is 14.6. The van der Waals surface area contributed by atoms with Crippen molar-refractivity contribution in [2.75, 3.05) is 34.5 Å². The van der Waals surface area contributed by atoms with Gasteiger partial charge in [-0.1, -0.05) is 53.8 Å². The fraction of sp³-hybridized carbons (Fsp3) is 0.212. The van der Waals surface area contributed by atoms with Gasteiger partial charge < -0.3 is 28.8 Å². The van der Waals surface area contributed by atoms with Gasteiger partial charge in [0.15, 0.2) is 34.4 Å². The molecule has 1 aliphatic rings. The fourth-order valence-electron chi connectivity index (χ4n) is 4.96. The second kappa shape index (κ2) is 13.5. The van der Waals surface area contributed by atoms with Crippen LogP contribution in [0.1, 0.15) is 29.7 Å². The number of esters is 1. The molecule has 4 aromatic rings. The first-order valence-electron chi connectivity index (χ1n) is 13.8. The van der Waals surface area contributed by atoms with E-state index in [1.165, 1.54) is 37.2 Å². The van der Waals surface area contributed by atoms with Crippen molar-refractivity contribution in [2.45, 2.75) is 13.0 Å². The maximum Gasteiger partial charge on any atom is 0.341 e. The number of thiazole rings is 1. The highest BCUT2D eigenvalue weighted by molar-refractivity contribution is 7.07. The topological polar surface area (TPSA) is 135 Å². The minimum Gasteiger partial charge on any atom is -0.493 e. The number of hydrogen-bond donors (Lipinski definition) is 1. The molecule has 1 N–H and O–H groups in total. The smallest absolute Gasteiger partial charge is 0.341 e. The number of benzene rings is 3. The zero-order valence-corrected chi connectivity index (χ0v) is 25.8. The Morgan fingerprint density at radius 1 is 0.933 bits per heavy atom. The van der Waals surface area contributed by atoms with Gasteiger partial charge in [0.05, 0.1) is 49.8 Å². The van der Waals surface area contributed by atoms with Gasteiger partial charge in [0, 0.05) is 5.56 Å². The van der Waals surface area contributed by atoms with Crippen LogP contribution >= 0.6 is 11.3 Å². The zero-order chi connectivity index (χ0) is 32.1. The van der Waals surface area contributed by atoms with Gasteiger partial charge in [-0.3, -0.25) is 9.36 Å². The van der Waals surface area contributed by atoms with Crippen molar-refractivity contribution in [2.24, 2.45) is 4.99 Å². The molecule has 2 heterocycles. The van der Waals surface area contributed by atoms with Crippen LogP contribution < -0.4 is 33.8 Å². The predicted molar refractivity (Wildman–Crippen MR) is 167 cm³/mol. The average molecular weight is 631 g/mol. The normalized spacial score (nSPS) is 14.3. The Morgan fingerprint density at radius 2 is 1.62 bits per heavy atom. The van der Waals surface area contributed by atoms with Crippen molar-refractivity contribution < 1.29 is 38.4 Å². The number of nitrogens with zero attached hydrogens (tertiary/aromatic N) is 2. The number of fused-ring (bicyclic) bond motifs is 1. The standard InChI is InChI=1S/C33H30N2O9S/c1-5-43-32(39)28-29(20-9-7-6-8-10-20)34-33-35(30(28)21-12-14-22(40-2)25(17-21)42-4)31(38)26(45-33)16-19-11-13-23(24(15-19)41-3)44-18-27(36)37/h6-17,30H,5,18H2,1-4H3,(H,36,37)/b26-16+/t30-/m0/s1. The second-order valence-electron chi connectivity index (χ2n) is 9.64. The number of carbonyl (C=O) groups is 2. The molecule has 232 valence electrons. The molecule has 5 rings (SSSR count). The molecule has 1 atom stereocenters. The maximum atomic E-state index is 14.2. The highest BCUT2D eigenvalue weighted by Crippen LogP contribution is 2.38. The highest BCUT2D eigenvalue weighted by atomic mass is 32.1. The Bertz CT molecular complexity index is 1960. The largest absolute Gasteiger partial charge is 0.493 e. The summed E-state index contributed by atoms with van der Waals surface area (Å²) in [5, 5.41) is 8.97. The number of rotatable bonds is 11. The molecule has 0 saturated carbocycles. The number of aliphatic carboxylic acids is 1. The first kappa shape index (κ1) is 31.1. The molecule has 0 radical (unpaired) electrons. The molecule has 0 fully saturated rings. The molecule has 0 aliphatic carbocycles. The summed E-state index contributed by atoms with van der Waals surface area (Å²) in [4.78, 5) is 44.1. The first-order chi connectivity index (χ1) is 21.8. The van der Waals surface area contributed by atoms with Gasteiger partial charge >= 0.3 is 11.9 Å². The monoisotopic (exact) mass is 630 g/mol. The third-order valence-corrected chi connectivity index (χ3v) is 7.92. The molecule has 1 aliphatic heterocycles. The summed E-state index contributed by atoms with van der Waals surface area (Å²) in [6, 6.07) is 18.5. The molecular weight excluding hydrogens is 600 g/mol. The number of carboxylic acid groups (broad SMARTS) is 1. The molecule has 0 bridgehead atoms. The van der Waals surface area contributed by atoms with E-state index in [2.05, 4.69) is 0 Å². The van der Waals surface area contributed by atoms with Gasteiger partial charge in [-0.05, 0) is 48.4 Å². The molecule has 45 heavy (non-hydrogen) atoms. The lowest BCUT2D eigenvalue weighted by Gasteiger charge is -2.26.